The molecule has 116 valence electrons. The Morgan fingerprint density at radius 2 is 2.00 bits per heavy atom. The first kappa shape index (κ1) is 15.1. The Morgan fingerprint density at radius 1 is 1.19 bits per heavy atom. The summed E-state index contributed by atoms with van der Waals surface area (Å²) in [6, 6.07) is 5.02. The Bertz CT molecular complexity index is 449. The third kappa shape index (κ3) is 3.51. The van der Waals surface area contributed by atoms with Gasteiger partial charge in [0.15, 0.2) is 0 Å². The van der Waals surface area contributed by atoms with E-state index in [1.807, 2.05) is 0 Å². The largest absolute Gasteiger partial charge is 0.355 e. The van der Waals surface area contributed by atoms with Crippen LogP contribution in [0.5, 0.6) is 0 Å². The minimum Gasteiger partial charge on any atom is -0.355 e. The van der Waals surface area contributed by atoms with Crippen molar-refractivity contribution < 1.29 is 0 Å². The first-order chi connectivity index (χ1) is 10.3. The predicted octanol–water partition coefficient (Wildman–Crippen LogP) is 3.45. The lowest BCUT2D eigenvalue weighted by atomic mass is 10.1. The summed E-state index contributed by atoms with van der Waals surface area (Å²) in [4.78, 5) is 9.95. The molecule has 0 bridgehead atoms. The van der Waals surface area contributed by atoms with Crippen LogP contribution in [0.25, 0.3) is 0 Å². The Balaban J connectivity index is 1.70. The summed E-state index contributed by atoms with van der Waals surface area (Å²) < 4.78 is 0. The van der Waals surface area contributed by atoms with E-state index in [4.69, 9.17) is 16.6 Å². The number of aryl methyl sites for hydroxylation is 1. The molecule has 0 radical (unpaired) electrons. The number of likely N-dealkylation sites (tertiary alicyclic amines) is 1. The summed E-state index contributed by atoms with van der Waals surface area (Å²) in [5.74, 6) is 1.70. The van der Waals surface area contributed by atoms with Crippen molar-refractivity contribution in [2.24, 2.45) is 0 Å². The number of piperidine rings is 1. The van der Waals surface area contributed by atoms with Gasteiger partial charge in [0.25, 0.3) is 0 Å². The SMILES string of the molecule is CCc1cc(CCl)cc(N2CCC(N3CCCCC3)C2)n1. The second-order valence-electron chi connectivity index (χ2n) is 6.30. The smallest absolute Gasteiger partial charge is 0.129 e. The number of alkyl halides is 1. The maximum absolute atomic E-state index is 6.03. The number of anilines is 1. The van der Waals surface area contributed by atoms with Gasteiger partial charge in [0.2, 0.25) is 0 Å². The van der Waals surface area contributed by atoms with Crippen molar-refractivity contribution in [2.45, 2.75) is 50.9 Å². The maximum atomic E-state index is 6.03. The molecule has 0 amide bonds. The number of nitrogens with zero attached hydrogens (tertiary/aromatic N) is 3. The molecule has 2 fully saturated rings. The molecule has 0 aromatic carbocycles. The molecule has 1 aromatic rings. The van der Waals surface area contributed by atoms with Gasteiger partial charge in [-0.3, -0.25) is 4.90 Å². The summed E-state index contributed by atoms with van der Waals surface area (Å²) in [6.45, 7) is 6.98. The topological polar surface area (TPSA) is 19.4 Å². The van der Waals surface area contributed by atoms with Crippen LogP contribution in [0, 0.1) is 0 Å². The van der Waals surface area contributed by atoms with E-state index in [0.717, 1.165) is 37.1 Å². The Morgan fingerprint density at radius 3 is 2.71 bits per heavy atom. The van der Waals surface area contributed by atoms with Gasteiger partial charge in [-0.25, -0.2) is 4.98 Å². The highest BCUT2D eigenvalue weighted by Crippen LogP contribution is 2.25. The molecular formula is C17H26ClN3. The normalized spacial score (nSPS) is 23.7. The van der Waals surface area contributed by atoms with Crippen molar-refractivity contribution in [2.75, 3.05) is 31.1 Å². The fourth-order valence-electron chi connectivity index (χ4n) is 3.58. The van der Waals surface area contributed by atoms with Crippen molar-refractivity contribution in [1.29, 1.82) is 0 Å². The van der Waals surface area contributed by atoms with Gasteiger partial charge >= 0.3 is 0 Å². The van der Waals surface area contributed by atoms with Crippen LogP contribution in [-0.2, 0) is 12.3 Å². The zero-order chi connectivity index (χ0) is 14.7. The number of aromatic nitrogens is 1. The summed E-state index contributed by atoms with van der Waals surface area (Å²) in [6.07, 6.45) is 6.40. The molecule has 0 aliphatic carbocycles. The highest BCUT2D eigenvalue weighted by atomic mass is 35.5. The Hall–Kier alpha value is -0.800. The molecule has 0 N–H and O–H groups in total. The van der Waals surface area contributed by atoms with Crippen LogP contribution >= 0.6 is 11.6 Å². The van der Waals surface area contributed by atoms with E-state index in [1.54, 1.807) is 0 Å². The quantitative estimate of drug-likeness (QED) is 0.794. The van der Waals surface area contributed by atoms with Crippen molar-refractivity contribution in [3.63, 3.8) is 0 Å². The lowest BCUT2D eigenvalue weighted by Crippen LogP contribution is -2.41. The molecule has 21 heavy (non-hydrogen) atoms. The molecule has 2 aliphatic rings. The highest BCUT2D eigenvalue weighted by molar-refractivity contribution is 6.17. The number of halogens is 1. The molecule has 3 nitrogen and oxygen atoms in total. The van der Waals surface area contributed by atoms with E-state index in [1.165, 1.54) is 44.3 Å². The van der Waals surface area contributed by atoms with Crippen molar-refractivity contribution >= 4 is 17.4 Å². The number of hydrogen-bond acceptors (Lipinski definition) is 3. The van der Waals surface area contributed by atoms with Gasteiger partial charge in [0.05, 0.1) is 0 Å². The molecule has 0 saturated carbocycles. The minimum absolute atomic E-state index is 0.575. The fraction of sp³-hybridized carbons (Fsp3) is 0.706. The van der Waals surface area contributed by atoms with Gasteiger partial charge in [-0.1, -0.05) is 13.3 Å². The average Bonchev–Trinajstić information content (AvgIpc) is 3.05. The molecule has 1 unspecified atom stereocenters. The van der Waals surface area contributed by atoms with Gasteiger partial charge in [-0.15, -0.1) is 11.6 Å². The van der Waals surface area contributed by atoms with Crippen LogP contribution in [0.1, 0.15) is 43.9 Å². The highest BCUT2D eigenvalue weighted by Gasteiger charge is 2.29. The van der Waals surface area contributed by atoms with E-state index in [-0.39, 0.29) is 0 Å². The van der Waals surface area contributed by atoms with Crippen LogP contribution in [0.3, 0.4) is 0 Å². The maximum Gasteiger partial charge on any atom is 0.129 e. The van der Waals surface area contributed by atoms with Gasteiger partial charge in [-0.2, -0.15) is 0 Å². The van der Waals surface area contributed by atoms with Crippen LogP contribution in [-0.4, -0.2) is 42.1 Å². The molecular weight excluding hydrogens is 282 g/mol. The summed E-state index contributed by atoms with van der Waals surface area (Å²) >= 11 is 6.03. The third-order valence-corrected chi connectivity index (χ3v) is 5.14. The van der Waals surface area contributed by atoms with Crippen LogP contribution in [0.15, 0.2) is 12.1 Å². The number of pyridine rings is 1. The van der Waals surface area contributed by atoms with Crippen molar-refractivity contribution in [3.05, 3.63) is 23.4 Å². The molecule has 2 aliphatic heterocycles. The molecule has 3 rings (SSSR count). The lowest BCUT2D eigenvalue weighted by Gasteiger charge is -2.32. The fourth-order valence-corrected chi connectivity index (χ4v) is 3.74. The number of rotatable bonds is 4. The summed E-state index contributed by atoms with van der Waals surface area (Å²) in [7, 11) is 0. The molecule has 1 aromatic heterocycles. The minimum atomic E-state index is 0.575. The zero-order valence-electron chi connectivity index (χ0n) is 13.0. The molecule has 1 atom stereocenters. The van der Waals surface area contributed by atoms with Crippen LogP contribution < -0.4 is 4.90 Å². The molecule has 0 spiro atoms. The molecule has 2 saturated heterocycles. The van der Waals surface area contributed by atoms with E-state index < -0.39 is 0 Å². The van der Waals surface area contributed by atoms with Gasteiger partial charge in [0.1, 0.15) is 5.82 Å². The average molecular weight is 308 g/mol. The van der Waals surface area contributed by atoms with E-state index in [9.17, 15) is 0 Å². The summed E-state index contributed by atoms with van der Waals surface area (Å²) in [5, 5.41) is 0. The second kappa shape index (κ2) is 6.97. The zero-order valence-corrected chi connectivity index (χ0v) is 13.8. The Labute approximate surface area is 133 Å². The van der Waals surface area contributed by atoms with Crippen molar-refractivity contribution in [1.82, 2.24) is 9.88 Å². The Kier molecular flexibility index (Phi) is 5.02. The first-order valence-electron chi connectivity index (χ1n) is 8.35. The molecule has 4 heteroatoms. The standard InChI is InChI=1S/C17H26ClN3/c1-2-15-10-14(12-18)11-17(19-15)21-9-6-16(13-21)20-7-4-3-5-8-20/h10-11,16H,2-9,12-13H2,1H3. The summed E-state index contributed by atoms with van der Waals surface area (Å²) in [5.41, 5.74) is 2.35. The van der Waals surface area contributed by atoms with Crippen LogP contribution in [0.2, 0.25) is 0 Å². The lowest BCUT2D eigenvalue weighted by molar-refractivity contribution is 0.175. The predicted molar refractivity (Wildman–Crippen MR) is 89.2 cm³/mol. The van der Waals surface area contributed by atoms with Gasteiger partial charge < -0.3 is 4.90 Å². The first-order valence-corrected chi connectivity index (χ1v) is 8.88. The van der Waals surface area contributed by atoms with E-state index >= 15 is 0 Å². The van der Waals surface area contributed by atoms with Crippen molar-refractivity contribution in [3.8, 4) is 0 Å². The van der Waals surface area contributed by atoms with Gasteiger partial charge in [0, 0.05) is 30.7 Å². The third-order valence-electron chi connectivity index (χ3n) is 4.84. The van der Waals surface area contributed by atoms with Gasteiger partial charge in [-0.05, 0) is 56.5 Å². The number of hydrogen-bond donors (Lipinski definition) is 0. The van der Waals surface area contributed by atoms with Crippen LogP contribution in [0.4, 0.5) is 5.82 Å². The molecule has 3 heterocycles. The van der Waals surface area contributed by atoms with E-state index in [2.05, 4.69) is 28.9 Å². The second-order valence-corrected chi connectivity index (χ2v) is 6.56. The monoisotopic (exact) mass is 307 g/mol. The van der Waals surface area contributed by atoms with E-state index in [0.29, 0.717) is 5.88 Å².